The molecule has 10 N–H and O–H groups in total. The fourth-order valence-electron chi connectivity index (χ4n) is 3.58. The lowest BCUT2D eigenvalue weighted by atomic mass is 10.1. The summed E-state index contributed by atoms with van der Waals surface area (Å²) < 4.78 is 9.83. The first-order valence-electron chi connectivity index (χ1n) is 14.5. The number of hydrogen-bond donors (Lipinski definition) is 10. The molecule has 0 bridgehead atoms. The molecule has 0 unspecified atom stereocenters. The Hall–Kier alpha value is -5.73. The van der Waals surface area contributed by atoms with Crippen LogP contribution in [-0.4, -0.2) is 82.2 Å². The van der Waals surface area contributed by atoms with Crippen LogP contribution in [0.4, 0.5) is 0 Å². The minimum Gasteiger partial charge on any atom is -0.504 e. The highest BCUT2D eigenvalue weighted by Gasteiger charge is 2.15. The molecule has 0 aliphatic carbocycles. The quantitative estimate of drug-likeness (QED) is 0.0677. The van der Waals surface area contributed by atoms with E-state index in [1.54, 1.807) is 0 Å². The molecule has 0 aromatic heterocycles. The zero-order valence-electron chi connectivity index (χ0n) is 25.8. The molecule has 0 fully saturated rings. The van der Waals surface area contributed by atoms with Gasteiger partial charge in [0, 0.05) is 0 Å². The van der Waals surface area contributed by atoms with Gasteiger partial charge in [0.05, 0.1) is 29.9 Å². The van der Waals surface area contributed by atoms with E-state index in [2.05, 4.69) is 6.92 Å². The summed E-state index contributed by atoms with van der Waals surface area (Å²) >= 11 is 0. The lowest BCUT2D eigenvalue weighted by Crippen LogP contribution is -2.06. The van der Waals surface area contributed by atoms with Crippen LogP contribution >= 0.6 is 0 Å². The molecular formula is C32H40O15. The molecule has 0 saturated carbocycles. The van der Waals surface area contributed by atoms with E-state index in [1.165, 1.54) is 19.3 Å². The first-order chi connectivity index (χ1) is 22.1. The van der Waals surface area contributed by atoms with Gasteiger partial charge in [-0.3, -0.25) is 0 Å². The van der Waals surface area contributed by atoms with Crippen molar-refractivity contribution in [1.82, 2.24) is 0 Å². The fraction of sp³-hybridized carbons (Fsp3) is 0.344. The third-order valence-corrected chi connectivity index (χ3v) is 6.10. The number of phenols is 9. The molecule has 0 amide bonds. The highest BCUT2D eigenvalue weighted by Crippen LogP contribution is 2.37. The summed E-state index contributed by atoms with van der Waals surface area (Å²) in [4.78, 5) is 33.3. The molecule has 0 atom stereocenters. The molecule has 15 heteroatoms. The number of esters is 2. The summed E-state index contributed by atoms with van der Waals surface area (Å²) in [5.41, 5.74) is -0.275. The maximum absolute atomic E-state index is 11.7. The lowest BCUT2D eigenvalue weighted by Gasteiger charge is -2.07. The second kappa shape index (κ2) is 19.6. The van der Waals surface area contributed by atoms with Crippen molar-refractivity contribution in [3.05, 3.63) is 53.1 Å². The molecule has 0 aliphatic heterocycles. The average Bonchev–Trinajstić information content (AvgIpc) is 3.03. The van der Waals surface area contributed by atoms with Gasteiger partial charge >= 0.3 is 17.9 Å². The average molecular weight is 665 g/mol. The van der Waals surface area contributed by atoms with E-state index in [4.69, 9.17) is 45.2 Å². The van der Waals surface area contributed by atoms with E-state index in [-0.39, 0.29) is 23.3 Å². The van der Waals surface area contributed by atoms with Gasteiger partial charge in [0.25, 0.3) is 0 Å². The van der Waals surface area contributed by atoms with Crippen molar-refractivity contribution < 1.29 is 74.9 Å². The van der Waals surface area contributed by atoms with Crippen molar-refractivity contribution >= 4 is 17.9 Å². The van der Waals surface area contributed by atoms with Gasteiger partial charge in [-0.25, -0.2) is 14.4 Å². The molecule has 0 spiro atoms. The van der Waals surface area contributed by atoms with Crippen LogP contribution in [0.5, 0.6) is 51.7 Å². The minimum absolute atomic E-state index is 0.00347. The molecule has 258 valence electrons. The van der Waals surface area contributed by atoms with E-state index in [9.17, 15) is 29.7 Å². The number of carboxylic acid groups (broad SMARTS) is 1. The van der Waals surface area contributed by atoms with E-state index >= 15 is 0 Å². The molecule has 3 aromatic rings. The van der Waals surface area contributed by atoms with Crippen molar-refractivity contribution in [2.75, 3.05) is 13.2 Å². The number of hydrogen-bond acceptors (Lipinski definition) is 14. The Labute approximate surface area is 269 Å². The van der Waals surface area contributed by atoms with Gasteiger partial charge in [-0.15, -0.1) is 0 Å². The van der Waals surface area contributed by atoms with Gasteiger partial charge in [-0.05, 0) is 49.2 Å². The maximum atomic E-state index is 11.7. The third kappa shape index (κ3) is 13.0. The van der Waals surface area contributed by atoms with Crippen molar-refractivity contribution in [1.29, 1.82) is 0 Å². The SMILES string of the molecule is CCCCCCCCOC(=O)c1cc(O)c(O)c(O)c1.CCCOC(=O)c1cc(O)c(O)c(O)c1.O=C(O)c1cc(O)c(O)c(O)c1. The van der Waals surface area contributed by atoms with E-state index < -0.39 is 69.7 Å². The summed E-state index contributed by atoms with van der Waals surface area (Å²) in [6.45, 7) is 4.58. The Kier molecular flexibility index (Phi) is 16.4. The van der Waals surface area contributed by atoms with Crippen LogP contribution in [-0.2, 0) is 9.47 Å². The molecule has 0 aliphatic rings. The monoisotopic (exact) mass is 664 g/mol. The van der Waals surface area contributed by atoms with Crippen LogP contribution in [0.3, 0.4) is 0 Å². The number of phenolic OH excluding ortho intramolecular Hbond substituents is 9. The van der Waals surface area contributed by atoms with Gasteiger partial charge < -0.3 is 60.5 Å². The Morgan fingerprint density at radius 1 is 0.468 bits per heavy atom. The zero-order valence-corrected chi connectivity index (χ0v) is 25.8. The van der Waals surface area contributed by atoms with Crippen LogP contribution in [0.25, 0.3) is 0 Å². The smallest absolute Gasteiger partial charge is 0.338 e. The van der Waals surface area contributed by atoms with Crippen LogP contribution in [0.15, 0.2) is 36.4 Å². The Balaban J connectivity index is 0.000000365. The van der Waals surface area contributed by atoms with Crippen molar-refractivity contribution in [2.45, 2.75) is 58.8 Å². The number of rotatable bonds is 12. The molecule has 0 radical (unpaired) electrons. The second-order valence-corrected chi connectivity index (χ2v) is 9.93. The summed E-state index contributed by atoms with van der Waals surface area (Å²) in [6.07, 6.45) is 7.25. The number of carbonyl (C=O) groups is 3. The predicted molar refractivity (Wildman–Crippen MR) is 166 cm³/mol. The van der Waals surface area contributed by atoms with Crippen molar-refractivity contribution in [2.24, 2.45) is 0 Å². The highest BCUT2D eigenvalue weighted by molar-refractivity contribution is 5.91. The third-order valence-electron chi connectivity index (χ3n) is 6.10. The first kappa shape index (κ1) is 39.3. The molecular weight excluding hydrogens is 624 g/mol. The summed E-state index contributed by atoms with van der Waals surface area (Å²) in [6, 6.07) is 5.89. The number of ether oxygens (including phenoxy) is 2. The maximum Gasteiger partial charge on any atom is 0.338 e. The number of aromatic hydroxyl groups is 9. The molecule has 15 nitrogen and oxygen atoms in total. The standard InChI is InChI=1S/C15H22O5.C10H12O5.C7H6O5/c1-2-3-4-5-6-7-8-20-15(19)11-9-12(16)14(18)13(17)10-11;1-2-3-15-10(14)6-4-7(11)9(13)8(12)5-6;8-4-1-3(7(11)12)2-5(9)6(4)10/h9-10,16-18H,2-8H2,1H3;4-5,11-13H,2-3H2,1H3;1-2,8-10H,(H,11,12). The fourth-order valence-corrected chi connectivity index (χ4v) is 3.58. The van der Waals surface area contributed by atoms with E-state index in [0.717, 1.165) is 55.7 Å². The van der Waals surface area contributed by atoms with Gasteiger partial charge in [0.1, 0.15) is 0 Å². The Bertz CT molecular complexity index is 1430. The Morgan fingerprint density at radius 3 is 1.13 bits per heavy atom. The van der Waals surface area contributed by atoms with Crippen molar-refractivity contribution in [3.8, 4) is 51.7 Å². The highest BCUT2D eigenvalue weighted by atomic mass is 16.5. The Morgan fingerprint density at radius 2 is 0.787 bits per heavy atom. The van der Waals surface area contributed by atoms with Crippen molar-refractivity contribution in [3.63, 3.8) is 0 Å². The molecule has 0 saturated heterocycles. The summed E-state index contributed by atoms with van der Waals surface area (Å²) in [5.74, 6) is -8.10. The van der Waals surface area contributed by atoms with E-state index in [0.29, 0.717) is 13.0 Å². The number of unbranched alkanes of at least 4 members (excludes halogenated alkanes) is 5. The molecule has 3 rings (SSSR count). The predicted octanol–water partition coefficient (Wildman–Crippen LogP) is 5.19. The summed E-state index contributed by atoms with van der Waals surface area (Å²) in [7, 11) is 0. The molecule has 0 heterocycles. The van der Waals surface area contributed by atoms with E-state index in [1.807, 2.05) is 6.92 Å². The van der Waals surface area contributed by atoms with Gasteiger partial charge in [0.2, 0.25) is 0 Å². The number of aromatic carboxylic acids is 1. The van der Waals surface area contributed by atoms with Crippen LogP contribution in [0.2, 0.25) is 0 Å². The van der Waals surface area contributed by atoms with Crippen LogP contribution < -0.4 is 0 Å². The topological polar surface area (TPSA) is 272 Å². The molecule has 47 heavy (non-hydrogen) atoms. The van der Waals surface area contributed by atoms with Gasteiger partial charge in [-0.1, -0.05) is 46.0 Å². The normalized spacial score (nSPS) is 10.1. The number of carbonyl (C=O) groups excluding carboxylic acids is 2. The van der Waals surface area contributed by atoms with Gasteiger partial charge in [0.15, 0.2) is 51.7 Å². The van der Waals surface area contributed by atoms with Crippen LogP contribution in [0, 0.1) is 0 Å². The van der Waals surface area contributed by atoms with Gasteiger partial charge in [-0.2, -0.15) is 0 Å². The number of benzene rings is 3. The zero-order chi connectivity index (χ0) is 35.7. The minimum atomic E-state index is -1.29. The molecule has 3 aromatic carbocycles. The largest absolute Gasteiger partial charge is 0.504 e. The van der Waals surface area contributed by atoms with Crippen LogP contribution in [0.1, 0.15) is 89.9 Å². The first-order valence-corrected chi connectivity index (χ1v) is 14.5. The number of carboxylic acids is 1. The lowest BCUT2D eigenvalue weighted by molar-refractivity contribution is 0.0490. The summed E-state index contributed by atoms with van der Waals surface area (Å²) in [5, 5.41) is 90.1. The second-order valence-electron chi connectivity index (χ2n) is 9.93.